The molecule has 2 atom stereocenters. The minimum absolute atomic E-state index is 0.171. The molecule has 1 N–H and O–H groups in total. The first-order valence-corrected chi connectivity index (χ1v) is 8.95. The molecule has 1 heterocycles. The van der Waals surface area contributed by atoms with Crippen LogP contribution in [0.5, 0.6) is 0 Å². The van der Waals surface area contributed by atoms with Crippen LogP contribution in [0.2, 0.25) is 0 Å². The van der Waals surface area contributed by atoms with Gasteiger partial charge in [-0.15, -0.1) is 11.3 Å². The van der Waals surface area contributed by atoms with E-state index in [0.717, 1.165) is 26.1 Å². The van der Waals surface area contributed by atoms with Gasteiger partial charge in [0.05, 0.1) is 6.04 Å². The van der Waals surface area contributed by atoms with Crippen molar-refractivity contribution in [1.29, 1.82) is 0 Å². The fraction of sp³-hybridized carbons (Fsp3) is 0.765. The monoisotopic (exact) mass is 296 g/mol. The van der Waals surface area contributed by atoms with Gasteiger partial charge in [0.15, 0.2) is 0 Å². The minimum Gasteiger partial charge on any atom is -0.308 e. The molecule has 0 radical (unpaired) electrons. The van der Waals surface area contributed by atoms with E-state index in [1.54, 1.807) is 0 Å². The van der Waals surface area contributed by atoms with Crippen LogP contribution in [-0.2, 0) is 0 Å². The van der Waals surface area contributed by atoms with Gasteiger partial charge in [-0.2, -0.15) is 0 Å². The van der Waals surface area contributed by atoms with Crippen LogP contribution in [0.25, 0.3) is 0 Å². The molecule has 0 amide bonds. The highest BCUT2D eigenvalue weighted by Gasteiger charge is 2.38. The minimum atomic E-state index is 0.171. The van der Waals surface area contributed by atoms with Gasteiger partial charge in [0.1, 0.15) is 0 Å². The summed E-state index contributed by atoms with van der Waals surface area (Å²) in [4.78, 5) is 4.06. The Morgan fingerprint density at radius 1 is 1.25 bits per heavy atom. The molecule has 0 saturated heterocycles. The van der Waals surface area contributed by atoms with E-state index in [9.17, 15) is 0 Å². The molecular formula is C17H32N2S. The van der Waals surface area contributed by atoms with Crippen LogP contribution in [0.15, 0.2) is 11.4 Å². The lowest BCUT2D eigenvalue weighted by Gasteiger charge is -2.46. The van der Waals surface area contributed by atoms with Crippen molar-refractivity contribution in [2.75, 3.05) is 19.6 Å². The number of likely N-dealkylation sites (N-methyl/N-ethyl adjacent to an activating group) is 1. The van der Waals surface area contributed by atoms with Crippen molar-refractivity contribution < 1.29 is 0 Å². The van der Waals surface area contributed by atoms with Gasteiger partial charge >= 0.3 is 0 Å². The lowest BCUT2D eigenvalue weighted by Crippen LogP contribution is -2.54. The summed E-state index contributed by atoms with van der Waals surface area (Å²) in [7, 11) is 0. The Kier molecular flexibility index (Phi) is 7.21. The van der Waals surface area contributed by atoms with Crippen molar-refractivity contribution in [2.24, 2.45) is 0 Å². The average Bonchev–Trinajstić information content (AvgIpc) is 2.86. The fourth-order valence-electron chi connectivity index (χ4n) is 3.20. The second-order valence-corrected chi connectivity index (χ2v) is 6.82. The van der Waals surface area contributed by atoms with Crippen LogP contribution >= 0.6 is 11.3 Å². The molecule has 2 unspecified atom stereocenters. The number of hydrogen-bond donors (Lipinski definition) is 1. The molecule has 0 aliphatic heterocycles. The van der Waals surface area contributed by atoms with E-state index >= 15 is 0 Å². The standard InChI is InChI=1S/C17H32N2S/c1-7-12-18-16(15-11-13-20-14(15)5)17(6,8-2)19(9-3)10-4/h11,13,16,18H,7-10,12H2,1-6H3. The van der Waals surface area contributed by atoms with Crippen LogP contribution in [0.4, 0.5) is 0 Å². The predicted octanol–water partition coefficient (Wildman–Crippen LogP) is 4.61. The summed E-state index contributed by atoms with van der Waals surface area (Å²) in [5, 5.41) is 6.04. The lowest BCUT2D eigenvalue weighted by atomic mass is 9.82. The first-order chi connectivity index (χ1) is 9.54. The van der Waals surface area contributed by atoms with Crippen molar-refractivity contribution in [2.45, 2.75) is 66.0 Å². The summed E-state index contributed by atoms with van der Waals surface area (Å²) in [6.07, 6.45) is 2.34. The van der Waals surface area contributed by atoms with Crippen molar-refractivity contribution >= 4 is 11.3 Å². The van der Waals surface area contributed by atoms with E-state index < -0.39 is 0 Å². The normalized spacial score (nSPS) is 16.4. The van der Waals surface area contributed by atoms with Gasteiger partial charge in [0.2, 0.25) is 0 Å². The van der Waals surface area contributed by atoms with Crippen LogP contribution in [0.1, 0.15) is 63.9 Å². The number of rotatable bonds is 9. The summed E-state index contributed by atoms with van der Waals surface area (Å²) in [6, 6.07) is 2.73. The highest BCUT2D eigenvalue weighted by atomic mass is 32.1. The maximum absolute atomic E-state index is 3.82. The Labute approximate surface area is 129 Å². The third-order valence-electron chi connectivity index (χ3n) is 4.63. The smallest absolute Gasteiger partial charge is 0.0515 e. The van der Waals surface area contributed by atoms with Crippen molar-refractivity contribution in [3.05, 3.63) is 21.9 Å². The molecule has 0 saturated carbocycles. The summed E-state index contributed by atoms with van der Waals surface area (Å²) in [6.45, 7) is 17.1. The Bertz CT molecular complexity index is 384. The molecule has 116 valence electrons. The molecule has 1 aromatic rings. The van der Waals surface area contributed by atoms with Crippen LogP contribution in [-0.4, -0.2) is 30.1 Å². The van der Waals surface area contributed by atoms with Crippen LogP contribution < -0.4 is 5.32 Å². The Morgan fingerprint density at radius 3 is 2.30 bits per heavy atom. The quantitative estimate of drug-likeness (QED) is 0.716. The zero-order valence-corrected chi connectivity index (χ0v) is 14.9. The third kappa shape index (κ3) is 3.63. The van der Waals surface area contributed by atoms with Crippen molar-refractivity contribution in [3.63, 3.8) is 0 Å². The molecule has 2 nitrogen and oxygen atoms in total. The largest absolute Gasteiger partial charge is 0.308 e. The van der Waals surface area contributed by atoms with Crippen LogP contribution in [0.3, 0.4) is 0 Å². The van der Waals surface area contributed by atoms with Gasteiger partial charge in [0, 0.05) is 10.4 Å². The van der Waals surface area contributed by atoms with E-state index in [0.29, 0.717) is 6.04 Å². The SMILES string of the molecule is CCCNC(c1ccsc1C)C(C)(CC)N(CC)CC. The fourth-order valence-corrected chi connectivity index (χ4v) is 3.94. The van der Waals surface area contributed by atoms with Gasteiger partial charge in [-0.05, 0) is 63.3 Å². The van der Waals surface area contributed by atoms with Gasteiger partial charge < -0.3 is 5.32 Å². The second-order valence-electron chi connectivity index (χ2n) is 5.70. The highest BCUT2D eigenvalue weighted by molar-refractivity contribution is 7.10. The Morgan fingerprint density at radius 2 is 1.90 bits per heavy atom. The molecule has 0 fully saturated rings. The molecule has 0 aliphatic rings. The van der Waals surface area contributed by atoms with Gasteiger partial charge in [-0.25, -0.2) is 0 Å². The topological polar surface area (TPSA) is 15.3 Å². The first kappa shape index (κ1) is 17.7. The lowest BCUT2D eigenvalue weighted by molar-refractivity contribution is 0.0698. The maximum atomic E-state index is 3.82. The molecule has 0 spiro atoms. The molecule has 0 aromatic carbocycles. The van der Waals surface area contributed by atoms with Crippen molar-refractivity contribution in [1.82, 2.24) is 10.2 Å². The van der Waals surface area contributed by atoms with E-state index in [1.165, 1.54) is 16.9 Å². The molecular weight excluding hydrogens is 264 g/mol. The Balaban J connectivity index is 3.16. The molecule has 1 rings (SSSR count). The van der Waals surface area contributed by atoms with Crippen molar-refractivity contribution in [3.8, 4) is 0 Å². The molecule has 0 aliphatic carbocycles. The summed E-state index contributed by atoms with van der Waals surface area (Å²) in [5.74, 6) is 0. The van der Waals surface area contributed by atoms with E-state index in [1.807, 2.05) is 11.3 Å². The van der Waals surface area contributed by atoms with E-state index in [2.05, 4.69) is 63.2 Å². The molecule has 0 bridgehead atoms. The summed E-state index contributed by atoms with van der Waals surface area (Å²) in [5.41, 5.74) is 1.66. The average molecular weight is 297 g/mol. The molecule has 20 heavy (non-hydrogen) atoms. The third-order valence-corrected chi connectivity index (χ3v) is 5.49. The zero-order valence-electron chi connectivity index (χ0n) is 14.1. The Hall–Kier alpha value is -0.380. The highest BCUT2D eigenvalue weighted by Crippen LogP contribution is 2.37. The maximum Gasteiger partial charge on any atom is 0.0515 e. The number of nitrogens with one attached hydrogen (secondary N) is 1. The van der Waals surface area contributed by atoms with E-state index in [-0.39, 0.29) is 5.54 Å². The van der Waals surface area contributed by atoms with Gasteiger partial charge in [0.25, 0.3) is 0 Å². The van der Waals surface area contributed by atoms with Crippen LogP contribution in [0, 0.1) is 6.92 Å². The summed E-state index contributed by atoms with van der Waals surface area (Å²) < 4.78 is 0. The number of aryl methyl sites for hydroxylation is 1. The van der Waals surface area contributed by atoms with Gasteiger partial charge in [-0.3, -0.25) is 4.90 Å². The molecule has 1 aromatic heterocycles. The molecule has 3 heteroatoms. The second kappa shape index (κ2) is 8.16. The van der Waals surface area contributed by atoms with E-state index in [4.69, 9.17) is 0 Å². The number of nitrogens with zero attached hydrogens (tertiary/aromatic N) is 1. The zero-order chi connectivity index (χ0) is 15.2. The predicted molar refractivity (Wildman–Crippen MR) is 91.7 cm³/mol. The van der Waals surface area contributed by atoms with Gasteiger partial charge in [-0.1, -0.05) is 27.7 Å². The summed E-state index contributed by atoms with van der Waals surface area (Å²) >= 11 is 1.86. The number of thiophene rings is 1. The first-order valence-electron chi connectivity index (χ1n) is 8.07. The number of hydrogen-bond acceptors (Lipinski definition) is 3.